The van der Waals surface area contributed by atoms with Crippen LogP contribution in [0, 0.1) is 0 Å². The van der Waals surface area contributed by atoms with Gasteiger partial charge < -0.3 is 24.8 Å². The molecule has 2 N–H and O–H groups in total. The molecule has 0 aliphatic carbocycles. The smallest absolute Gasteiger partial charge is 0.191 e. The van der Waals surface area contributed by atoms with Crippen molar-refractivity contribution in [2.24, 2.45) is 4.99 Å². The third kappa shape index (κ3) is 8.06. The second-order valence-electron chi connectivity index (χ2n) is 6.32. The summed E-state index contributed by atoms with van der Waals surface area (Å²) < 4.78 is 17.1. The van der Waals surface area contributed by atoms with E-state index in [-0.39, 0.29) is 12.2 Å². The molecule has 2 rings (SSSR count). The van der Waals surface area contributed by atoms with Gasteiger partial charge in [0, 0.05) is 26.3 Å². The predicted molar refractivity (Wildman–Crippen MR) is 105 cm³/mol. The van der Waals surface area contributed by atoms with Crippen LogP contribution in [0.3, 0.4) is 0 Å². The third-order valence-corrected chi connectivity index (χ3v) is 4.15. The van der Waals surface area contributed by atoms with Crippen molar-refractivity contribution in [2.45, 2.75) is 45.3 Å². The lowest BCUT2D eigenvalue weighted by atomic mass is 10.2. The molecular formula is C20H33N3O3. The molecule has 1 aromatic carbocycles. The Balaban J connectivity index is 1.69. The lowest BCUT2D eigenvalue weighted by molar-refractivity contribution is 0.0420. The zero-order valence-corrected chi connectivity index (χ0v) is 16.1. The highest BCUT2D eigenvalue weighted by Gasteiger charge is 2.15. The summed E-state index contributed by atoms with van der Waals surface area (Å²) in [4.78, 5) is 4.66. The molecule has 0 spiro atoms. The summed E-state index contributed by atoms with van der Waals surface area (Å²) in [6.07, 6.45) is 3.21. The highest BCUT2D eigenvalue weighted by atomic mass is 16.5. The zero-order valence-electron chi connectivity index (χ0n) is 16.1. The topological polar surface area (TPSA) is 64.1 Å². The molecule has 0 aromatic heterocycles. The number of hydrogen-bond donors (Lipinski definition) is 2. The lowest BCUT2D eigenvalue weighted by Gasteiger charge is -2.17. The first-order valence-electron chi connectivity index (χ1n) is 9.75. The minimum Gasteiger partial charge on any atom is -0.489 e. The Kier molecular flexibility index (Phi) is 9.90. The monoisotopic (exact) mass is 363 g/mol. The summed E-state index contributed by atoms with van der Waals surface area (Å²) in [5.74, 6) is 1.72. The summed E-state index contributed by atoms with van der Waals surface area (Å²) in [5.41, 5.74) is 0. The van der Waals surface area contributed by atoms with Gasteiger partial charge in [0.25, 0.3) is 0 Å². The van der Waals surface area contributed by atoms with Gasteiger partial charge in [-0.1, -0.05) is 25.1 Å². The SMILES string of the molecule is CCNC(=NCC(CC)Oc1ccccc1)NCCCOC1CCOC1. The van der Waals surface area contributed by atoms with Crippen LogP contribution in [0.4, 0.5) is 0 Å². The molecule has 2 unspecified atom stereocenters. The summed E-state index contributed by atoms with van der Waals surface area (Å²) >= 11 is 0. The van der Waals surface area contributed by atoms with E-state index in [9.17, 15) is 0 Å². The van der Waals surface area contributed by atoms with Gasteiger partial charge in [-0.15, -0.1) is 0 Å². The molecule has 1 aliphatic heterocycles. The molecule has 2 atom stereocenters. The van der Waals surface area contributed by atoms with Crippen molar-refractivity contribution in [3.63, 3.8) is 0 Å². The van der Waals surface area contributed by atoms with Gasteiger partial charge in [-0.25, -0.2) is 4.99 Å². The van der Waals surface area contributed by atoms with E-state index in [0.29, 0.717) is 6.54 Å². The van der Waals surface area contributed by atoms with Gasteiger partial charge in [0.05, 0.1) is 19.3 Å². The van der Waals surface area contributed by atoms with Crippen molar-refractivity contribution in [1.82, 2.24) is 10.6 Å². The summed E-state index contributed by atoms with van der Waals surface area (Å²) in [6.45, 7) is 8.77. The fourth-order valence-electron chi connectivity index (χ4n) is 2.65. The number of aliphatic imine (C=N–C) groups is 1. The molecule has 26 heavy (non-hydrogen) atoms. The molecule has 146 valence electrons. The minimum atomic E-state index is 0.0681. The van der Waals surface area contributed by atoms with Crippen molar-refractivity contribution in [3.8, 4) is 5.75 Å². The second-order valence-corrected chi connectivity index (χ2v) is 6.32. The van der Waals surface area contributed by atoms with Crippen LogP contribution < -0.4 is 15.4 Å². The molecule has 0 amide bonds. The second kappa shape index (κ2) is 12.5. The van der Waals surface area contributed by atoms with E-state index in [1.807, 2.05) is 30.3 Å². The predicted octanol–water partition coefficient (Wildman–Crippen LogP) is 2.59. The van der Waals surface area contributed by atoms with Crippen LogP contribution in [0.2, 0.25) is 0 Å². The molecule has 6 heteroatoms. The van der Waals surface area contributed by atoms with Crippen LogP contribution in [0.1, 0.15) is 33.1 Å². The maximum atomic E-state index is 6.00. The summed E-state index contributed by atoms with van der Waals surface area (Å²) in [5, 5.41) is 6.64. The number of rotatable bonds is 11. The Bertz CT molecular complexity index is 504. The molecule has 6 nitrogen and oxygen atoms in total. The maximum Gasteiger partial charge on any atom is 0.191 e. The number of ether oxygens (including phenoxy) is 3. The lowest BCUT2D eigenvalue weighted by Crippen LogP contribution is -2.39. The summed E-state index contributed by atoms with van der Waals surface area (Å²) in [6, 6.07) is 9.91. The number of benzene rings is 1. The first-order chi connectivity index (χ1) is 12.8. The molecule has 1 aliphatic rings. The van der Waals surface area contributed by atoms with Crippen LogP contribution in [-0.4, -0.2) is 57.6 Å². The van der Waals surface area contributed by atoms with Crippen LogP contribution in [-0.2, 0) is 9.47 Å². The number of hydrogen-bond acceptors (Lipinski definition) is 4. The Morgan fingerprint density at radius 2 is 2.12 bits per heavy atom. The number of nitrogens with zero attached hydrogens (tertiary/aromatic N) is 1. The highest BCUT2D eigenvalue weighted by molar-refractivity contribution is 5.79. The van der Waals surface area contributed by atoms with Crippen molar-refractivity contribution < 1.29 is 14.2 Å². The van der Waals surface area contributed by atoms with Gasteiger partial charge in [0.1, 0.15) is 11.9 Å². The van der Waals surface area contributed by atoms with Gasteiger partial charge in [-0.2, -0.15) is 0 Å². The van der Waals surface area contributed by atoms with Crippen LogP contribution in [0.15, 0.2) is 35.3 Å². The van der Waals surface area contributed by atoms with Crippen LogP contribution in [0.5, 0.6) is 5.75 Å². The van der Waals surface area contributed by atoms with E-state index in [4.69, 9.17) is 14.2 Å². The van der Waals surface area contributed by atoms with Crippen molar-refractivity contribution in [3.05, 3.63) is 30.3 Å². The van der Waals surface area contributed by atoms with Crippen molar-refractivity contribution in [2.75, 3.05) is 39.5 Å². The van der Waals surface area contributed by atoms with Gasteiger partial charge in [0.2, 0.25) is 0 Å². The number of nitrogens with one attached hydrogen (secondary N) is 2. The molecule has 0 radical (unpaired) electrons. The molecule has 1 heterocycles. The Hall–Kier alpha value is -1.79. The average molecular weight is 364 g/mol. The Morgan fingerprint density at radius 1 is 1.27 bits per heavy atom. The van der Waals surface area contributed by atoms with E-state index < -0.39 is 0 Å². The normalized spacial score (nSPS) is 18.5. The molecule has 1 fully saturated rings. The molecule has 0 bridgehead atoms. The third-order valence-electron chi connectivity index (χ3n) is 4.15. The van der Waals surface area contributed by atoms with Crippen molar-refractivity contribution >= 4 is 5.96 Å². The van der Waals surface area contributed by atoms with Crippen LogP contribution >= 0.6 is 0 Å². The van der Waals surface area contributed by atoms with E-state index in [1.54, 1.807) is 0 Å². The molecule has 0 saturated carbocycles. The minimum absolute atomic E-state index is 0.0681. The Morgan fingerprint density at radius 3 is 2.81 bits per heavy atom. The van der Waals surface area contributed by atoms with E-state index in [1.165, 1.54) is 0 Å². The van der Waals surface area contributed by atoms with Crippen LogP contribution in [0.25, 0.3) is 0 Å². The van der Waals surface area contributed by atoms with Gasteiger partial charge in [0.15, 0.2) is 5.96 Å². The zero-order chi connectivity index (χ0) is 18.5. The van der Waals surface area contributed by atoms with Crippen molar-refractivity contribution in [1.29, 1.82) is 0 Å². The molecular weight excluding hydrogens is 330 g/mol. The van der Waals surface area contributed by atoms with E-state index >= 15 is 0 Å². The standard InChI is InChI=1S/C20H33N3O3/c1-3-17(26-18-9-6-5-7-10-18)15-23-20(21-4-2)22-12-8-13-25-19-11-14-24-16-19/h5-7,9-10,17,19H,3-4,8,11-16H2,1-2H3,(H2,21,22,23). The van der Waals surface area contributed by atoms with Gasteiger partial charge in [-0.05, 0) is 38.3 Å². The van der Waals surface area contributed by atoms with Gasteiger partial charge in [-0.3, -0.25) is 0 Å². The fourth-order valence-corrected chi connectivity index (χ4v) is 2.65. The van der Waals surface area contributed by atoms with Gasteiger partial charge >= 0.3 is 0 Å². The van der Waals surface area contributed by atoms with E-state index in [0.717, 1.165) is 63.9 Å². The first-order valence-corrected chi connectivity index (χ1v) is 9.75. The quantitative estimate of drug-likeness (QED) is 0.359. The van der Waals surface area contributed by atoms with E-state index in [2.05, 4.69) is 29.5 Å². The highest BCUT2D eigenvalue weighted by Crippen LogP contribution is 2.12. The number of guanidine groups is 1. The fraction of sp³-hybridized carbons (Fsp3) is 0.650. The largest absolute Gasteiger partial charge is 0.489 e. The molecule has 1 aromatic rings. The Labute approximate surface area is 157 Å². The maximum absolute atomic E-state index is 6.00. The number of para-hydroxylation sites is 1. The average Bonchev–Trinajstić information content (AvgIpc) is 3.19. The molecule has 1 saturated heterocycles. The summed E-state index contributed by atoms with van der Waals surface area (Å²) in [7, 11) is 0. The first kappa shape index (κ1) is 20.5.